The molecule has 2 aromatic rings. The Balaban J connectivity index is 1.64. The molecule has 0 unspecified atom stereocenters. The van der Waals surface area contributed by atoms with Crippen LogP contribution >= 0.6 is 0 Å². The van der Waals surface area contributed by atoms with Gasteiger partial charge < -0.3 is 15.2 Å². The van der Waals surface area contributed by atoms with E-state index in [-0.39, 0.29) is 18.2 Å². The number of benzene rings is 2. The van der Waals surface area contributed by atoms with Gasteiger partial charge >= 0.3 is 5.97 Å². The van der Waals surface area contributed by atoms with E-state index in [1.54, 1.807) is 12.1 Å². The fraction of sp³-hybridized carbons (Fsp3) is 0.391. The Bertz CT molecular complexity index is 854. The van der Waals surface area contributed by atoms with Crippen molar-refractivity contribution in [3.05, 3.63) is 59.2 Å². The number of carboxylic acid groups (broad SMARTS) is 1. The number of carbonyl (C=O) groups excluding carboxylic acids is 1. The first-order valence-electron chi connectivity index (χ1n) is 9.68. The molecule has 0 bridgehead atoms. The third-order valence-corrected chi connectivity index (χ3v) is 5.44. The average Bonchev–Trinajstić information content (AvgIpc) is 2.97. The van der Waals surface area contributed by atoms with Crippen LogP contribution in [0.2, 0.25) is 0 Å². The zero-order valence-electron chi connectivity index (χ0n) is 16.6. The average molecular weight is 381 g/mol. The van der Waals surface area contributed by atoms with E-state index in [9.17, 15) is 14.7 Å². The van der Waals surface area contributed by atoms with Crippen LogP contribution in [0.1, 0.15) is 42.9 Å². The third kappa shape index (κ3) is 4.35. The summed E-state index contributed by atoms with van der Waals surface area (Å²) in [5.74, 6) is -0.512. The molecule has 0 saturated heterocycles. The second kappa shape index (κ2) is 8.05. The van der Waals surface area contributed by atoms with Gasteiger partial charge in [-0.05, 0) is 74.1 Å². The number of anilines is 1. The molecule has 2 atom stereocenters. The molecule has 1 amide bonds. The van der Waals surface area contributed by atoms with Crippen LogP contribution in [0, 0.1) is 19.8 Å². The van der Waals surface area contributed by atoms with Gasteiger partial charge in [-0.3, -0.25) is 4.79 Å². The van der Waals surface area contributed by atoms with Gasteiger partial charge in [-0.15, -0.1) is 0 Å². The minimum absolute atomic E-state index is 0.0340. The molecular weight excluding hydrogens is 354 g/mol. The number of amides is 1. The van der Waals surface area contributed by atoms with E-state index in [1.807, 2.05) is 45.0 Å². The van der Waals surface area contributed by atoms with Crippen LogP contribution in [0.4, 0.5) is 5.69 Å². The molecule has 1 aliphatic carbocycles. The number of aryl methyl sites for hydroxylation is 2. The lowest BCUT2D eigenvalue weighted by Gasteiger charge is -2.30. The SMILES string of the molecule is Cc1cc(C)cc(NC(=O)Cc2ccc(O[C@]3(C(=O)O)CCC[C@H]3C)cc2)c1. The van der Waals surface area contributed by atoms with Crippen LogP contribution in [0.15, 0.2) is 42.5 Å². The van der Waals surface area contributed by atoms with E-state index < -0.39 is 11.6 Å². The second-order valence-corrected chi connectivity index (χ2v) is 7.84. The fourth-order valence-electron chi connectivity index (χ4n) is 3.99. The zero-order chi connectivity index (χ0) is 20.3. The Morgan fingerprint density at radius 2 is 1.79 bits per heavy atom. The number of ether oxygens (including phenoxy) is 1. The number of rotatable bonds is 6. The first kappa shape index (κ1) is 19.9. The van der Waals surface area contributed by atoms with Crippen molar-refractivity contribution >= 4 is 17.6 Å². The first-order valence-corrected chi connectivity index (χ1v) is 9.68. The van der Waals surface area contributed by atoms with Gasteiger partial charge in [0, 0.05) is 11.6 Å². The highest BCUT2D eigenvalue weighted by Crippen LogP contribution is 2.39. The van der Waals surface area contributed by atoms with Crippen molar-refractivity contribution in [1.82, 2.24) is 0 Å². The number of aliphatic carboxylic acids is 1. The molecule has 5 heteroatoms. The molecule has 1 fully saturated rings. The van der Waals surface area contributed by atoms with E-state index in [2.05, 4.69) is 11.4 Å². The summed E-state index contributed by atoms with van der Waals surface area (Å²) < 4.78 is 5.92. The summed E-state index contributed by atoms with van der Waals surface area (Å²) in [6.07, 6.45) is 2.46. The van der Waals surface area contributed by atoms with Crippen molar-refractivity contribution in [3.8, 4) is 5.75 Å². The van der Waals surface area contributed by atoms with Gasteiger partial charge in [-0.2, -0.15) is 0 Å². The fourth-order valence-corrected chi connectivity index (χ4v) is 3.99. The molecule has 2 N–H and O–H groups in total. The highest BCUT2D eigenvalue weighted by atomic mass is 16.5. The van der Waals surface area contributed by atoms with Crippen molar-refractivity contribution in [2.24, 2.45) is 5.92 Å². The quantitative estimate of drug-likeness (QED) is 0.772. The smallest absolute Gasteiger partial charge is 0.348 e. The molecule has 1 saturated carbocycles. The Morgan fingerprint density at radius 1 is 1.14 bits per heavy atom. The lowest BCUT2D eigenvalue weighted by molar-refractivity contribution is -0.158. The van der Waals surface area contributed by atoms with E-state index in [1.165, 1.54) is 0 Å². The highest BCUT2D eigenvalue weighted by Gasteiger charge is 2.49. The summed E-state index contributed by atoms with van der Waals surface area (Å²) >= 11 is 0. The normalized spacial score (nSPS) is 21.3. The molecule has 1 aliphatic rings. The minimum Gasteiger partial charge on any atom is -0.478 e. The van der Waals surface area contributed by atoms with E-state index in [0.717, 1.165) is 35.2 Å². The molecule has 5 nitrogen and oxygen atoms in total. The maximum Gasteiger partial charge on any atom is 0.348 e. The van der Waals surface area contributed by atoms with Crippen LogP contribution < -0.4 is 10.1 Å². The van der Waals surface area contributed by atoms with E-state index in [4.69, 9.17) is 4.74 Å². The third-order valence-electron chi connectivity index (χ3n) is 5.44. The lowest BCUT2D eigenvalue weighted by Crippen LogP contribution is -2.46. The molecule has 28 heavy (non-hydrogen) atoms. The van der Waals surface area contributed by atoms with Gasteiger partial charge in [-0.25, -0.2) is 4.79 Å². The monoisotopic (exact) mass is 381 g/mol. The van der Waals surface area contributed by atoms with Gasteiger partial charge in [-0.1, -0.05) is 25.1 Å². The summed E-state index contributed by atoms with van der Waals surface area (Å²) in [5.41, 5.74) is 2.69. The van der Waals surface area contributed by atoms with Gasteiger partial charge in [0.1, 0.15) is 5.75 Å². The van der Waals surface area contributed by atoms with Gasteiger partial charge in [0.05, 0.1) is 6.42 Å². The maximum atomic E-state index is 12.3. The Kier molecular flexibility index (Phi) is 5.73. The van der Waals surface area contributed by atoms with Crippen LogP contribution in [0.3, 0.4) is 0 Å². The lowest BCUT2D eigenvalue weighted by atomic mass is 9.92. The first-order chi connectivity index (χ1) is 13.3. The molecule has 148 valence electrons. The zero-order valence-corrected chi connectivity index (χ0v) is 16.6. The van der Waals surface area contributed by atoms with Crippen LogP contribution in [-0.2, 0) is 16.0 Å². The van der Waals surface area contributed by atoms with Crippen molar-refractivity contribution in [2.75, 3.05) is 5.32 Å². The maximum absolute atomic E-state index is 12.3. The predicted molar refractivity (Wildman–Crippen MR) is 109 cm³/mol. The number of hydrogen-bond acceptors (Lipinski definition) is 3. The van der Waals surface area contributed by atoms with Crippen molar-refractivity contribution < 1.29 is 19.4 Å². The summed E-state index contributed by atoms with van der Waals surface area (Å²) in [5, 5.41) is 12.6. The standard InChI is InChI=1S/C23H27NO4/c1-15-11-16(2)13-19(12-15)24-21(25)14-18-6-8-20(9-7-18)28-23(22(26)27)10-4-5-17(23)3/h6-9,11-13,17H,4-5,10,14H2,1-3H3,(H,24,25)(H,26,27)/t17-,23-/m1/s1. The highest BCUT2D eigenvalue weighted by molar-refractivity contribution is 5.92. The second-order valence-electron chi connectivity index (χ2n) is 7.84. The number of carbonyl (C=O) groups is 2. The van der Waals surface area contributed by atoms with Crippen LogP contribution in [0.25, 0.3) is 0 Å². The van der Waals surface area contributed by atoms with Crippen molar-refractivity contribution in [3.63, 3.8) is 0 Å². The molecule has 0 heterocycles. The number of hydrogen-bond donors (Lipinski definition) is 2. The Hall–Kier alpha value is -2.82. The molecule has 2 aromatic carbocycles. The summed E-state index contributed by atoms with van der Waals surface area (Å²) in [4.78, 5) is 24.1. The van der Waals surface area contributed by atoms with Gasteiger partial charge in [0.25, 0.3) is 0 Å². The molecule has 0 aliphatic heterocycles. The summed E-state index contributed by atoms with van der Waals surface area (Å²) in [7, 11) is 0. The molecule has 0 spiro atoms. The minimum atomic E-state index is -1.15. The summed E-state index contributed by atoms with van der Waals surface area (Å²) in [6.45, 7) is 5.92. The molecule has 3 rings (SSSR count). The molecule has 0 radical (unpaired) electrons. The Labute approximate surface area is 165 Å². The topological polar surface area (TPSA) is 75.6 Å². The van der Waals surface area contributed by atoms with Gasteiger partial charge in [0.15, 0.2) is 0 Å². The number of nitrogens with one attached hydrogen (secondary N) is 1. The van der Waals surface area contributed by atoms with Crippen molar-refractivity contribution in [2.45, 2.75) is 52.1 Å². The van der Waals surface area contributed by atoms with Gasteiger partial charge in [0.2, 0.25) is 11.5 Å². The van der Waals surface area contributed by atoms with Crippen LogP contribution in [0.5, 0.6) is 5.75 Å². The predicted octanol–water partition coefficient (Wildman–Crippen LogP) is 4.51. The Morgan fingerprint density at radius 3 is 2.32 bits per heavy atom. The summed E-state index contributed by atoms with van der Waals surface area (Å²) in [6, 6.07) is 13.1. The molecular formula is C23H27NO4. The van der Waals surface area contributed by atoms with Crippen LogP contribution in [-0.4, -0.2) is 22.6 Å². The van der Waals surface area contributed by atoms with E-state index >= 15 is 0 Å². The molecule has 0 aromatic heterocycles. The largest absolute Gasteiger partial charge is 0.478 e. The van der Waals surface area contributed by atoms with E-state index in [0.29, 0.717) is 12.2 Å². The van der Waals surface area contributed by atoms with Crippen molar-refractivity contribution in [1.29, 1.82) is 0 Å². The number of carboxylic acids is 1.